The van der Waals surface area contributed by atoms with E-state index in [0.29, 0.717) is 0 Å². The van der Waals surface area contributed by atoms with E-state index in [2.05, 4.69) is 42.0 Å². The van der Waals surface area contributed by atoms with E-state index in [1.807, 2.05) is 0 Å². The van der Waals surface area contributed by atoms with E-state index in [9.17, 15) is 0 Å². The van der Waals surface area contributed by atoms with Gasteiger partial charge in [0.2, 0.25) is 0 Å². The van der Waals surface area contributed by atoms with Crippen LogP contribution in [0, 0.1) is 11.8 Å². The maximum atomic E-state index is 8.64. The number of rotatable bonds is 6. The van der Waals surface area contributed by atoms with Crippen molar-refractivity contribution in [3.8, 4) is 11.8 Å². The van der Waals surface area contributed by atoms with Crippen LogP contribution in [0.15, 0.2) is 11.4 Å². The van der Waals surface area contributed by atoms with Gasteiger partial charge in [0.1, 0.15) is 6.61 Å². The lowest BCUT2D eigenvalue weighted by atomic mass is 10.3. The average molecular weight is 251 g/mol. The summed E-state index contributed by atoms with van der Waals surface area (Å²) >= 11 is 1.75. The summed E-state index contributed by atoms with van der Waals surface area (Å²) < 4.78 is 0. The number of thiophene rings is 1. The normalized spacial score (nSPS) is 10.4. The number of nitrogens with zero attached hydrogens (tertiary/aromatic N) is 1. The molecule has 0 aromatic carbocycles. The Bertz CT molecular complexity index is 375. The first-order chi connectivity index (χ1) is 8.30. The molecule has 0 bridgehead atoms. The van der Waals surface area contributed by atoms with Gasteiger partial charge in [-0.2, -0.15) is 0 Å². The largest absolute Gasteiger partial charge is 0.384 e. The minimum atomic E-state index is -0.0667. The highest BCUT2D eigenvalue weighted by molar-refractivity contribution is 7.10. The first-order valence-corrected chi connectivity index (χ1v) is 7.07. The van der Waals surface area contributed by atoms with Crippen LogP contribution >= 0.6 is 11.3 Å². The Morgan fingerprint density at radius 1 is 1.41 bits per heavy atom. The van der Waals surface area contributed by atoms with Crippen molar-refractivity contribution in [3.63, 3.8) is 0 Å². The molecule has 1 N–H and O–H groups in total. The Kier molecular flexibility index (Phi) is 6.95. The average Bonchev–Trinajstić information content (AvgIpc) is 2.79. The summed E-state index contributed by atoms with van der Waals surface area (Å²) in [6.07, 6.45) is 2.50. The van der Waals surface area contributed by atoms with E-state index in [-0.39, 0.29) is 6.61 Å². The van der Waals surface area contributed by atoms with Crippen molar-refractivity contribution < 1.29 is 5.11 Å². The molecule has 2 nitrogen and oxygen atoms in total. The summed E-state index contributed by atoms with van der Waals surface area (Å²) in [5.74, 6) is 5.62. The predicted octanol–water partition coefficient (Wildman–Crippen LogP) is 2.71. The second kappa shape index (κ2) is 8.30. The number of aliphatic hydroxyl groups excluding tert-OH is 1. The van der Waals surface area contributed by atoms with Crippen molar-refractivity contribution in [2.24, 2.45) is 0 Å². The van der Waals surface area contributed by atoms with Crippen LogP contribution in [-0.2, 0) is 6.54 Å². The lowest BCUT2D eigenvalue weighted by molar-refractivity contribution is 0.278. The SMILES string of the molecule is CCCCN(CC)Cc1cc(C#CCO)cs1. The molecule has 0 spiro atoms. The Morgan fingerprint density at radius 2 is 2.24 bits per heavy atom. The zero-order valence-electron chi connectivity index (χ0n) is 10.7. The maximum Gasteiger partial charge on any atom is 0.104 e. The van der Waals surface area contributed by atoms with Crippen molar-refractivity contribution in [2.45, 2.75) is 33.2 Å². The van der Waals surface area contributed by atoms with Crippen LogP contribution in [0.2, 0.25) is 0 Å². The fraction of sp³-hybridized carbons (Fsp3) is 0.571. The van der Waals surface area contributed by atoms with E-state index in [4.69, 9.17) is 5.11 Å². The van der Waals surface area contributed by atoms with E-state index in [1.165, 1.54) is 24.3 Å². The van der Waals surface area contributed by atoms with Crippen LogP contribution in [0.5, 0.6) is 0 Å². The molecule has 1 aromatic heterocycles. The molecular formula is C14H21NOS. The van der Waals surface area contributed by atoms with E-state index in [0.717, 1.165) is 18.7 Å². The van der Waals surface area contributed by atoms with Crippen LogP contribution in [0.1, 0.15) is 37.1 Å². The van der Waals surface area contributed by atoms with Crippen molar-refractivity contribution in [1.82, 2.24) is 4.90 Å². The van der Waals surface area contributed by atoms with Crippen molar-refractivity contribution in [1.29, 1.82) is 0 Å². The van der Waals surface area contributed by atoms with Gasteiger partial charge in [0, 0.05) is 22.4 Å². The highest BCUT2D eigenvalue weighted by atomic mass is 32.1. The van der Waals surface area contributed by atoms with Crippen LogP contribution in [0.4, 0.5) is 0 Å². The second-order valence-electron chi connectivity index (χ2n) is 3.98. The minimum absolute atomic E-state index is 0.0667. The van der Waals surface area contributed by atoms with Gasteiger partial charge in [-0.05, 0) is 25.6 Å². The molecule has 0 saturated heterocycles. The molecule has 17 heavy (non-hydrogen) atoms. The lowest BCUT2D eigenvalue weighted by Crippen LogP contribution is -2.23. The molecule has 94 valence electrons. The highest BCUT2D eigenvalue weighted by Crippen LogP contribution is 2.16. The molecule has 3 heteroatoms. The molecule has 0 unspecified atom stereocenters. The third-order valence-corrected chi connectivity index (χ3v) is 3.54. The standard InChI is InChI=1S/C14H21NOS/c1-3-5-8-15(4-2)11-14-10-13(12-17-14)7-6-9-16/h10,12,16H,3-5,8-9,11H2,1-2H3. The van der Waals surface area contributed by atoms with Crippen molar-refractivity contribution in [2.75, 3.05) is 19.7 Å². The van der Waals surface area contributed by atoms with Crippen molar-refractivity contribution in [3.05, 3.63) is 21.9 Å². The van der Waals surface area contributed by atoms with Gasteiger partial charge in [-0.15, -0.1) is 11.3 Å². The molecule has 1 aromatic rings. The summed E-state index contributed by atoms with van der Waals surface area (Å²) in [5.41, 5.74) is 1.02. The molecule has 0 fully saturated rings. The third-order valence-electron chi connectivity index (χ3n) is 2.62. The third kappa shape index (κ3) is 5.36. The highest BCUT2D eigenvalue weighted by Gasteiger charge is 2.05. The summed E-state index contributed by atoms with van der Waals surface area (Å²) in [4.78, 5) is 3.81. The Balaban J connectivity index is 2.51. The topological polar surface area (TPSA) is 23.5 Å². The number of hydrogen-bond donors (Lipinski definition) is 1. The molecule has 0 radical (unpaired) electrons. The quantitative estimate of drug-likeness (QED) is 0.786. The van der Waals surface area contributed by atoms with Crippen LogP contribution in [0.25, 0.3) is 0 Å². The zero-order chi connectivity index (χ0) is 12.5. The van der Waals surface area contributed by atoms with Gasteiger partial charge < -0.3 is 5.11 Å². The maximum absolute atomic E-state index is 8.64. The fourth-order valence-electron chi connectivity index (χ4n) is 1.62. The summed E-state index contributed by atoms with van der Waals surface area (Å²) in [7, 11) is 0. The molecule has 0 atom stereocenters. The first kappa shape index (κ1) is 14.2. The zero-order valence-corrected chi connectivity index (χ0v) is 11.5. The Hall–Kier alpha value is -0.820. The monoisotopic (exact) mass is 251 g/mol. The van der Waals surface area contributed by atoms with E-state index >= 15 is 0 Å². The smallest absolute Gasteiger partial charge is 0.104 e. The number of aliphatic hydroxyl groups is 1. The molecule has 0 aliphatic rings. The van der Waals surface area contributed by atoms with Gasteiger partial charge in [-0.3, -0.25) is 4.90 Å². The molecule has 1 rings (SSSR count). The summed E-state index contributed by atoms with van der Waals surface area (Å²) in [5, 5.41) is 10.7. The minimum Gasteiger partial charge on any atom is -0.384 e. The van der Waals surface area contributed by atoms with Gasteiger partial charge in [-0.25, -0.2) is 0 Å². The predicted molar refractivity (Wildman–Crippen MR) is 74.1 cm³/mol. The summed E-state index contributed by atoms with van der Waals surface area (Å²) in [6.45, 7) is 7.64. The molecule has 1 heterocycles. The first-order valence-electron chi connectivity index (χ1n) is 6.19. The van der Waals surface area contributed by atoms with Crippen LogP contribution in [0.3, 0.4) is 0 Å². The summed E-state index contributed by atoms with van der Waals surface area (Å²) in [6, 6.07) is 2.13. The van der Waals surface area contributed by atoms with E-state index < -0.39 is 0 Å². The Morgan fingerprint density at radius 3 is 2.88 bits per heavy atom. The number of hydrogen-bond acceptors (Lipinski definition) is 3. The molecular weight excluding hydrogens is 230 g/mol. The molecule has 0 aliphatic carbocycles. The van der Waals surface area contributed by atoms with Crippen LogP contribution in [-0.4, -0.2) is 29.7 Å². The van der Waals surface area contributed by atoms with E-state index in [1.54, 1.807) is 11.3 Å². The number of unbranched alkanes of at least 4 members (excludes halogenated alkanes) is 1. The Labute approximate surface area is 108 Å². The van der Waals surface area contributed by atoms with Crippen LogP contribution < -0.4 is 0 Å². The molecule has 0 aliphatic heterocycles. The van der Waals surface area contributed by atoms with Gasteiger partial charge in [0.15, 0.2) is 0 Å². The fourth-order valence-corrected chi connectivity index (χ4v) is 2.48. The molecule has 0 amide bonds. The van der Waals surface area contributed by atoms with Gasteiger partial charge in [0.05, 0.1) is 0 Å². The van der Waals surface area contributed by atoms with Gasteiger partial charge in [-0.1, -0.05) is 32.1 Å². The van der Waals surface area contributed by atoms with Gasteiger partial charge >= 0.3 is 0 Å². The van der Waals surface area contributed by atoms with Crippen molar-refractivity contribution >= 4 is 11.3 Å². The molecule has 0 saturated carbocycles. The second-order valence-corrected chi connectivity index (χ2v) is 4.98. The van der Waals surface area contributed by atoms with Gasteiger partial charge in [0.25, 0.3) is 0 Å². The lowest BCUT2D eigenvalue weighted by Gasteiger charge is -2.18.